The minimum Gasteiger partial charge on any atom is -0.462 e. The fraction of sp³-hybridized carbons (Fsp3) is 0.866. The zero-order valence-electron chi connectivity index (χ0n) is 49.2. The van der Waals surface area contributed by atoms with Gasteiger partial charge in [-0.2, -0.15) is 0 Å². The fourth-order valence-electron chi connectivity index (χ4n) is 9.71. The molecule has 0 aromatic heterocycles. The largest absolute Gasteiger partial charge is 0.462 e. The van der Waals surface area contributed by atoms with Crippen LogP contribution in [0.15, 0.2) is 36.5 Å². The number of allylic oxidation sites excluding steroid dienone is 6. The number of carbonyl (C=O) groups is 3. The monoisotopic (exact) mass is 1020 g/mol. The average Bonchev–Trinajstić information content (AvgIpc) is 3.39. The molecule has 0 fully saturated rings. The molecule has 0 aliphatic rings. The van der Waals surface area contributed by atoms with E-state index in [1.54, 1.807) is 0 Å². The predicted molar refractivity (Wildman–Crippen MR) is 316 cm³/mol. The Labute approximate surface area is 455 Å². The van der Waals surface area contributed by atoms with E-state index in [1.807, 2.05) is 0 Å². The second-order valence-corrected chi connectivity index (χ2v) is 22.0. The molecule has 0 spiro atoms. The van der Waals surface area contributed by atoms with E-state index in [9.17, 15) is 14.4 Å². The molecule has 0 saturated carbocycles. The summed E-state index contributed by atoms with van der Waals surface area (Å²) in [4.78, 5) is 38.3. The minimum atomic E-state index is -0.774. The van der Waals surface area contributed by atoms with Gasteiger partial charge >= 0.3 is 17.9 Å². The van der Waals surface area contributed by atoms with E-state index >= 15 is 0 Å². The molecule has 1 atom stereocenters. The van der Waals surface area contributed by atoms with Crippen molar-refractivity contribution in [1.82, 2.24) is 0 Å². The van der Waals surface area contributed by atoms with Gasteiger partial charge in [0.25, 0.3) is 0 Å². The molecule has 6 nitrogen and oxygen atoms in total. The van der Waals surface area contributed by atoms with Crippen LogP contribution in [0.25, 0.3) is 0 Å². The van der Waals surface area contributed by atoms with E-state index in [0.29, 0.717) is 19.3 Å². The second kappa shape index (κ2) is 62.2. The molecule has 0 aromatic rings. The lowest BCUT2D eigenvalue weighted by atomic mass is 10.0. The molecule has 0 radical (unpaired) electrons. The summed E-state index contributed by atoms with van der Waals surface area (Å²) in [7, 11) is 0. The summed E-state index contributed by atoms with van der Waals surface area (Å²) in [5, 5.41) is 0. The fourth-order valence-corrected chi connectivity index (χ4v) is 9.71. The van der Waals surface area contributed by atoms with Crippen LogP contribution >= 0.6 is 0 Å². The van der Waals surface area contributed by atoms with Crippen molar-refractivity contribution in [3.63, 3.8) is 0 Å². The van der Waals surface area contributed by atoms with Crippen molar-refractivity contribution >= 4 is 17.9 Å². The number of rotatable bonds is 60. The van der Waals surface area contributed by atoms with E-state index in [4.69, 9.17) is 14.2 Å². The lowest BCUT2D eigenvalue weighted by Gasteiger charge is -2.18. The molecular formula is C67H124O6. The molecule has 1 unspecified atom stereocenters. The van der Waals surface area contributed by atoms with Crippen molar-refractivity contribution in [2.45, 2.75) is 361 Å². The van der Waals surface area contributed by atoms with Crippen molar-refractivity contribution in [2.24, 2.45) is 0 Å². The number of unbranched alkanes of at least 4 members (excludes halogenated alkanes) is 43. The van der Waals surface area contributed by atoms with Gasteiger partial charge < -0.3 is 14.2 Å². The molecule has 0 saturated heterocycles. The van der Waals surface area contributed by atoms with Crippen LogP contribution in [0.4, 0.5) is 0 Å². The van der Waals surface area contributed by atoms with Crippen molar-refractivity contribution in [3.05, 3.63) is 36.5 Å². The Kier molecular flexibility index (Phi) is 60.2. The number of carbonyl (C=O) groups excluding carboxylic acids is 3. The van der Waals surface area contributed by atoms with Gasteiger partial charge in [-0.1, -0.05) is 295 Å². The quantitative estimate of drug-likeness (QED) is 0.0261. The van der Waals surface area contributed by atoms with Gasteiger partial charge in [0.15, 0.2) is 6.10 Å². The zero-order chi connectivity index (χ0) is 52.9. The number of hydrogen-bond acceptors (Lipinski definition) is 6. The summed E-state index contributed by atoms with van der Waals surface area (Å²) in [6.45, 7) is 6.67. The topological polar surface area (TPSA) is 78.9 Å². The van der Waals surface area contributed by atoms with Gasteiger partial charge in [-0.05, 0) is 77.0 Å². The molecule has 0 N–H and O–H groups in total. The van der Waals surface area contributed by atoms with Gasteiger partial charge in [-0.25, -0.2) is 0 Å². The second-order valence-electron chi connectivity index (χ2n) is 22.0. The summed E-state index contributed by atoms with van der Waals surface area (Å²) < 4.78 is 17.0. The van der Waals surface area contributed by atoms with Crippen molar-refractivity contribution in [2.75, 3.05) is 13.2 Å². The van der Waals surface area contributed by atoms with E-state index < -0.39 is 6.10 Å². The van der Waals surface area contributed by atoms with Crippen LogP contribution < -0.4 is 0 Å². The normalized spacial score (nSPS) is 12.2. The molecular weight excluding hydrogens is 901 g/mol. The Morgan fingerprint density at radius 2 is 0.493 bits per heavy atom. The van der Waals surface area contributed by atoms with Crippen LogP contribution in [0.5, 0.6) is 0 Å². The number of hydrogen-bond donors (Lipinski definition) is 0. The SMILES string of the molecule is CCCCC/C=C\C/C=C\CCCCCCCCCC(=O)OCC(COC(=O)CCCCCCCCCCC/C=C\CCCCCCCC)OC(=O)CCCCCCCCCCCCCCCCCCCCC. The third-order valence-corrected chi connectivity index (χ3v) is 14.6. The molecule has 0 aliphatic heterocycles. The molecule has 0 amide bonds. The van der Waals surface area contributed by atoms with Crippen LogP contribution in [-0.2, 0) is 28.6 Å². The summed E-state index contributed by atoms with van der Waals surface area (Å²) in [6, 6.07) is 0. The lowest BCUT2D eigenvalue weighted by molar-refractivity contribution is -0.167. The average molecular weight is 1030 g/mol. The Balaban J connectivity index is 4.34. The summed E-state index contributed by atoms with van der Waals surface area (Å²) in [5.41, 5.74) is 0. The van der Waals surface area contributed by atoms with Crippen LogP contribution in [0.2, 0.25) is 0 Å². The lowest BCUT2D eigenvalue weighted by Crippen LogP contribution is -2.30. The van der Waals surface area contributed by atoms with Gasteiger partial charge in [-0.15, -0.1) is 0 Å². The maximum Gasteiger partial charge on any atom is 0.306 e. The molecule has 0 aromatic carbocycles. The summed E-state index contributed by atoms with van der Waals surface area (Å²) in [5.74, 6) is -0.856. The van der Waals surface area contributed by atoms with Crippen LogP contribution in [0, 0.1) is 0 Å². The highest BCUT2D eigenvalue weighted by molar-refractivity contribution is 5.71. The first kappa shape index (κ1) is 70.6. The standard InChI is InChI=1S/C67H124O6/c1-4-7-10-13-16-19-22-25-28-31-33-36-39-42-45-48-51-54-57-60-66(69)72-63-64(62-71-65(68)59-56-53-50-47-44-41-38-35-30-27-24-21-18-15-12-9-6-3)73-67(70)61-58-55-52-49-46-43-40-37-34-32-29-26-23-20-17-14-11-8-5-2/h18,21,25,27-28,30,64H,4-17,19-20,22-24,26,29,31-63H2,1-3H3/b21-18-,28-25-,30-27-. The maximum absolute atomic E-state index is 12.9. The van der Waals surface area contributed by atoms with E-state index in [0.717, 1.165) is 70.6 Å². The van der Waals surface area contributed by atoms with E-state index in [2.05, 4.69) is 57.2 Å². The highest BCUT2D eigenvalue weighted by Gasteiger charge is 2.19. The molecule has 428 valence electrons. The zero-order valence-corrected chi connectivity index (χ0v) is 49.2. The first-order chi connectivity index (χ1) is 36.0. The van der Waals surface area contributed by atoms with Gasteiger partial charge in [0.1, 0.15) is 13.2 Å². The van der Waals surface area contributed by atoms with Gasteiger partial charge in [-0.3, -0.25) is 14.4 Å². The van der Waals surface area contributed by atoms with Gasteiger partial charge in [0.2, 0.25) is 0 Å². The van der Waals surface area contributed by atoms with Crippen molar-refractivity contribution < 1.29 is 28.6 Å². The summed E-state index contributed by atoms with van der Waals surface area (Å²) >= 11 is 0. The first-order valence-corrected chi connectivity index (χ1v) is 32.5. The smallest absolute Gasteiger partial charge is 0.306 e. The molecule has 0 aliphatic carbocycles. The third-order valence-electron chi connectivity index (χ3n) is 14.6. The third kappa shape index (κ3) is 60.4. The highest BCUT2D eigenvalue weighted by Crippen LogP contribution is 2.17. The summed E-state index contributed by atoms with van der Waals surface area (Å²) in [6.07, 6.45) is 75.7. The maximum atomic E-state index is 12.9. The Hall–Kier alpha value is -2.37. The molecule has 0 rings (SSSR count). The number of esters is 3. The van der Waals surface area contributed by atoms with E-state index in [-0.39, 0.29) is 31.1 Å². The van der Waals surface area contributed by atoms with Crippen molar-refractivity contribution in [3.8, 4) is 0 Å². The Morgan fingerprint density at radius 3 is 0.795 bits per heavy atom. The van der Waals surface area contributed by atoms with Crippen LogP contribution in [0.3, 0.4) is 0 Å². The predicted octanol–water partition coefficient (Wildman–Crippen LogP) is 22.0. The van der Waals surface area contributed by atoms with Gasteiger partial charge in [0.05, 0.1) is 0 Å². The number of ether oxygens (including phenoxy) is 3. The molecule has 0 heterocycles. The Bertz CT molecular complexity index is 1220. The minimum absolute atomic E-state index is 0.0715. The van der Waals surface area contributed by atoms with Gasteiger partial charge in [0, 0.05) is 19.3 Å². The molecule has 73 heavy (non-hydrogen) atoms. The molecule has 6 heteroatoms. The van der Waals surface area contributed by atoms with Crippen molar-refractivity contribution in [1.29, 1.82) is 0 Å². The van der Waals surface area contributed by atoms with Crippen LogP contribution in [-0.4, -0.2) is 37.2 Å². The van der Waals surface area contributed by atoms with Crippen LogP contribution in [0.1, 0.15) is 355 Å². The molecule has 0 bridgehead atoms. The Morgan fingerprint density at radius 1 is 0.274 bits per heavy atom. The first-order valence-electron chi connectivity index (χ1n) is 32.5. The highest BCUT2D eigenvalue weighted by atomic mass is 16.6. The van der Waals surface area contributed by atoms with E-state index in [1.165, 1.54) is 244 Å².